The second-order valence-corrected chi connectivity index (χ2v) is 7.71. The lowest BCUT2D eigenvalue weighted by Crippen LogP contribution is -2.31. The molecule has 1 aliphatic rings. The average Bonchev–Trinajstić information content (AvgIpc) is 3.60. The molecule has 1 amide bonds. The number of benzene rings is 1. The molecule has 0 saturated heterocycles. The Morgan fingerprint density at radius 1 is 1.27 bits per heavy atom. The van der Waals surface area contributed by atoms with Crippen molar-refractivity contribution in [2.75, 3.05) is 13.7 Å². The first-order chi connectivity index (χ1) is 15.8. The van der Waals surface area contributed by atoms with Gasteiger partial charge >= 0.3 is 12.3 Å². The number of halogens is 2. The van der Waals surface area contributed by atoms with Crippen molar-refractivity contribution in [3.05, 3.63) is 62.4 Å². The molecule has 1 aromatic carbocycles. The van der Waals surface area contributed by atoms with Crippen LogP contribution in [0.25, 0.3) is 11.0 Å². The number of hydrogen-bond donors (Lipinski definition) is 1. The number of ether oxygens (including phenoxy) is 2. The lowest BCUT2D eigenvalue weighted by atomic mass is 10.1. The van der Waals surface area contributed by atoms with E-state index in [0.29, 0.717) is 5.56 Å². The smallest absolute Gasteiger partial charge is 0.387 e. The van der Waals surface area contributed by atoms with Gasteiger partial charge in [0.1, 0.15) is 5.65 Å². The first kappa shape index (κ1) is 22.4. The van der Waals surface area contributed by atoms with E-state index in [0.717, 1.165) is 12.8 Å². The third-order valence-electron chi connectivity index (χ3n) is 5.23. The SMILES string of the molecule is CCOc1cc(CN(C)C(=O)c2cnc3c(c2)c(=O)[nH]c(=O)n3C2CC2)ccc1OC(F)F. The zero-order chi connectivity index (χ0) is 23.7. The molecule has 1 saturated carbocycles. The predicted molar refractivity (Wildman–Crippen MR) is 115 cm³/mol. The lowest BCUT2D eigenvalue weighted by molar-refractivity contribution is -0.0514. The van der Waals surface area contributed by atoms with Gasteiger partial charge in [0.05, 0.1) is 17.6 Å². The van der Waals surface area contributed by atoms with Crippen molar-refractivity contribution in [3.63, 3.8) is 0 Å². The number of aromatic amines is 1. The summed E-state index contributed by atoms with van der Waals surface area (Å²) in [4.78, 5) is 45.4. The van der Waals surface area contributed by atoms with Crippen molar-refractivity contribution in [1.29, 1.82) is 0 Å². The molecular weight excluding hydrogens is 438 g/mol. The topological polar surface area (TPSA) is 107 Å². The first-order valence-electron chi connectivity index (χ1n) is 10.4. The minimum Gasteiger partial charge on any atom is -0.490 e. The molecule has 1 N–H and O–H groups in total. The van der Waals surface area contributed by atoms with Crippen LogP contribution in [0.3, 0.4) is 0 Å². The predicted octanol–water partition coefficient (Wildman–Crippen LogP) is 2.69. The molecule has 0 radical (unpaired) electrons. The molecule has 0 spiro atoms. The van der Waals surface area contributed by atoms with Crippen LogP contribution in [-0.4, -0.2) is 45.6 Å². The Morgan fingerprint density at radius 3 is 2.70 bits per heavy atom. The van der Waals surface area contributed by atoms with E-state index in [9.17, 15) is 23.2 Å². The quantitative estimate of drug-likeness (QED) is 0.554. The molecule has 2 heterocycles. The fourth-order valence-electron chi connectivity index (χ4n) is 3.60. The molecule has 1 aliphatic carbocycles. The normalized spacial score (nSPS) is 13.4. The van der Waals surface area contributed by atoms with Crippen molar-refractivity contribution in [2.24, 2.45) is 0 Å². The van der Waals surface area contributed by atoms with Crippen LogP contribution in [0, 0.1) is 0 Å². The molecule has 1 fully saturated rings. The molecular formula is C22H22F2N4O5. The summed E-state index contributed by atoms with van der Waals surface area (Å²) in [6.07, 6.45) is 3.00. The summed E-state index contributed by atoms with van der Waals surface area (Å²) < 4.78 is 36.5. The van der Waals surface area contributed by atoms with Gasteiger partial charge in [0, 0.05) is 25.8 Å². The Labute approximate surface area is 186 Å². The number of carbonyl (C=O) groups excluding carboxylic acids is 1. The number of hydrogen-bond acceptors (Lipinski definition) is 6. The maximum absolute atomic E-state index is 13.0. The van der Waals surface area contributed by atoms with Gasteiger partial charge in [0.15, 0.2) is 11.5 Å². The Bertz CT molecular complexity index is 1320. The van der Waals surface area contributed by atoms with E-state index in [2.05, 4.69) is 14.7 Å². The third-order valence-corrected chi connectivity index (χ3v) is 5.23. The van der Waals surface area contributed by atoms with E-state index in [1.54, 1.807) is 20.0 Å². The maximum atomic E-state index is 13.0. The summed E-state index contributed by atoms with van der Waals surface area (Å²) in [5, 5.41) is 0.160. The summed E-state index contributed by atoms with van der Waals surface area (Å²) in [5.41, 5.74) is -0.0542. The van der Waals surface area contributed by atoms with Gasteiger partial charge in [-0.05, 0) is 43.5 Å². The van der Waals surface area contributed by atoms with E-state index >= 15 is 0 Å². The Hall–Kier alpha value is -3.76. The lowest BCUT2D eigenvalue weighted by Gasteiger charge is -2.19. The second kappa shape index (κ2) is 9.00. The van der Waals surface area contributed by atoms with Crippen LogP contribution in [0.15, 0.2) is 40.1 Å². The van der Waals surface area contributed by atoms with Gasteiger partial charge in [0.25, 0.3) is 11.5 Å². The fraction of sp³-hybridized carbons (Fsp3) is 0.364. The number of alkyl halides is 2. The number of carbonyl (C=O) groups is 1. The van der Waals surface area contributed by atoms with Crippen LogP contribution in [0.2, 0.25) is 0 Å². The maximum Gasteiger partial charge on any atom is 0.387 e. The van der Waals surface area contributed by atoms with E-state index in [1.165, 1.54) is 33.9 Å². The number of H-pyrrole nitrogens is 1. The number of nitrogens with zero attached hydrogens (tertiary/aromatic N) is 3. The Balaban J connectivity index is 1.59. The van der Waals surface area contributed by atoms with E-state index < -0.39 is 23.8 Å². The van der Waals surface area contributed by atoms with Gasteiger partial charge in [-0.3, -0.25) is 19.1 Å². The van der Waals surface area contributed by atoms with E-state index in [4.69, 9.17) is 4.74 Å². The molecule has 9 nitrogen and oxygen atoms in total. The molecule has 2 aromatic heterocycles. The Morgan fingerprint density at radius 2 is 2.03 bits per heavy atom. The van der Waals surface area contributed by atoms with Gasteiger partial charge in [0.2, 0.25) is 0 Å². The highest BCUT2D eigenvalue weighted by Gasteiger charge is 2.28. The summed E-state index contributed by atoms with van der Waals surface area (Å²) in [7, 11) is 1.56. The molecule has 11 heteroatoms. The average molecular weight is 460 g/mol. The van der Waals surface area contributed by atoms with Gasteiger partial charge in [-0.2, -0.15) is 8.78 Å². The van der Waals surface area contributed by atoms with Crippen molar-refractivity contribution < 1.29 is 23.0 Å². The largest absolute Gasteiger partial charge is 0.490 e. The molecule has 0 atom stereocenters. The van der Waals surface area contributed by atoms with Gasteiger partial charge in [-0.15, -0.1) is 0 Å². The number of amides is 1. The van der Waals surface area contributed by atoms with E-state index in [-0.39, 0.29) is 47.3 Å². The molecule has 174 valence electrons. The molecule has 33 heavy (non-hydrogen) atoms. The summed E-state index contributed by atoms with van der Waals surface area (Å²) in [6, 6.07) is 5.87. The van der Waals surface area contributed by atoms with Gasteiger partial charge in [-0.25, -0.2) is 9.78 Å². The van der Waals surface area contributed by atoms with Crippen LogP contribution in [0.4, 0.5) is 8.78 Å². The Kier molecular flexibility index (Phi) is 6.12. The number of aromatic nitrogens is 3. The minimum atomic E-state index is -2.99. The highest BCUT2D eigenvalue weighted by molar-refractivity contribution is 5.96. The highest BCUT2D eigenvalue weighted by atomic mass is 19.3. The molecule has 0 bridgehead atoms. The molecule has 0 aliphatic heterocycles. The summed E-state index contributed by atoms with van der Waals surface area (Å²) in [6.45, 7) is -0.879. The van der Waals surface area contributed by atoms with Crippen molar-refractivity contribution in [2.45, 2.75) is 39.0 Å². The highest BCUT2D eigenvalue weighted by Crippen LogP contribution is 2.35. The van der Waals surface area contributed by atoms with Gasteiger partial charge < -0.3 is 14.4 Å². The van der Waals surface area contributed by atoms with Crippen LogP contribution >= 0.6 is 0 Å². The summed E-state index contributed by atoms with van der Waals surface area (Å²) >= 11 is 0. The zero-order valence-corrected chi connectivity index (χ0v) is 18.0. The molecule has 3 aromatic rings. The number of rotatable bonds is 8. The van der Waals surface area contributed by atoms with Crippen molar-refractivity contribution in [3.8, 4) is 11.5 Å². The zero-order valence-electron chi connectivity index (χ0n) is 18.0. The number of pyridine rings is 1. The van der Waals surface area contributed by atoms with Crippen molar-refractivity contribution in [1.82, 2.24) is 19.4 Å². The monoisotopic (exact) mass is 460 g/mol. The molecule has 4 rings (SSSR count). The van der Waals surface area contributed by atoms with Crippen LogP contribution in [-0.2, 0) is 6.54 Å². The van der Waals surface area contributed by atoms with Gasteiger partial charge in [-0.1, -0.05) is 6.07 Å². The second-order valence-electron chi connectivity index (χ2n) is 7.71. The van der Waals surface area contributed by atoms with Crippen molar-refractivity contribution >= 4 is 16.9 Å². The van der Waals surface area contributed by atoms with E-state index in [1.807, 2.05) is 0 Å². The number of fused-ring (bicyclic) bond motifs is 1. The third kappa shape index (κ3) is 4.71. The summed E-state index contributed by atoms with van der Waals surface area (Å²) in [5.74, 6) is -0.351. The first-order valence-corrected chi connectivity index (χ1v) is 10.4. The minimum absolute atomic E-state index is 0.00475. The molecule has 0 unspecified atom stereocenters. The van der Waals surface area contributed by atoms with Crippen LogP contribution in [0.5, 0.6) is 11.5 Å². The number of nitrogens with one attached hydrogen (secondary N) is 1. The van der Waals surface area contributed by atoms with Crippen LogP contribution in [0.1, 0.15) is 41.7 Å². The fourth-order valence-corrected chi connectivity index (χ4v) is 3.60. The standard InChI is InChI=1S/C22H22F2N4O5/c1-3-32-17-8-12(4-7-16(17)33-21(23)24)11-27(2)20(30)13-9-15-18(25-10-13)28(14-5-6-14)22(31)26-19(15)29/h4,7-10,14,21H,3,5-6,11H2,1-2H3,(H,26,29,31). The van der Waals surface area contributed by atoms with Crippen LogP contribution < -0.4 is 20.7 Å².